The molecule has 10 heteroatoms. The van der Waals surface area contributed by atoms with Crippen LogP contribution in [-0.2, 0) is 6.54 Å². The van der Waals surface area contributed by atoms with Crippen LogP contribution in [0.25, 0.3) is 16.9 Å². The van der Waals surface area contributed by atoms with Gasteiger partial charge in [-0.1, -0.05) is 30.3 Å². The predicted octanol–water partition coefficient (Wildman–Crippen LogP) is 3.72. The van der Waals surface area contributed by atoms with E-state index >= 15 is 0 Å². The minimum atomic E-state index is -2.77. The van der Waals surface area contributed by atoms with Gasteiger partial charge in [0.25, 0.3) is 12.3 Å². The van der Waals surface area contributed by atoms with Crippen LogP contribution < -0.4 is 5.32 Å². The Morgan fingerprint density at radius 1 is 1.17 bits per heavy atom. The molecule has 148 valence electrons. The Morgan fingerprint density at radius 2 is 1.97 bits per heavy atom. The van der Waals surface area contributed by atoms with Crippen LogP contribution in [-0.4, -0.2) is 36.8 Å². The summed E-state index contributed by atoms with van der Waals surface area (Å²) in [6, 6.07) is 10.2. The third-order valence-corrected chi connectivity index (χ3v) is 4.67. The number of hydrogen-bond acceptors (Lipinski definition) is 4. The average molecular weight is 461 g/mol. The highest BCUT2D eigenvalue weighted by Gasteiger charge is 2.21. The quantitative estimate of drug-likeness (QED) is 0.475. The normalized spacial score (nSPS) is 11.3. The average Bonchev–Trinajstić information content (AvgIpc) is 3.33. The van der Waals surface area contributed by atoms with E-state index < -0.39 is 12.3 Å². The van der Waals surface area contributed by atoms with Gasteiger partial charge >= 0.3 is 0 Å². The van der Waals surface area contributed by atoms with Crippen molar-refractivity contribution in [2.75, 3.05) is 6.54 Å². The molecule has 1 amide bonds. The van der Waals surface area contributed by atoms with Gasteiger partial charge < -0.3 is 5.32 Å². The number of hydrogen-bond donors (Lipinski definition) is 1. The van der Waals surface area contributed by atoms with Gasteiger partial charge in [0.15, 0.2) is 5.65 Å². The standard InChI is InChI=1S/C19H15BrF2N6O/c20-13-9-24-27(11-13)7-6-23-19(29)14-10-25-28-16(17(21)22)8-15(26-18(14)28)12-4-2-1-3-5-12/h1-5,8-11,17H,6-7H2,(H,23,29). The molecule has 0 fully saturated rings. The second-order valence-electron chi connectivity index (χ2n) is 6.20. The molecule has 3 heterocycles. The lowest BCUT2D eigenvalue weighted by Crippen LogP contribution is -2.27. The van der Waals surface area contributed by atoms with Gasteiger partial charge in [0, 0.05) is 18.3 Å². The molecule has 1 N–H and O–H groups in total. The number of nitrogens with zero attached hydrogens (tertiary/aromatic N) is 5. The molecule has 4 rings (SSSR count). The number of carbonyl (C=O) groups is 1. The summed E-state index contributed by atoms with van der Waals surface area (Å²) in [7, 11) is 0. The summed E-state index contributed by atoms with van der Waals surface area (Å²) < 4.78 is 30.7. The third-order valence-electron chi connectivity index (χ3n) is 4.27. The van der Waals surface area contributed by atoms with E-state index in [1.54, 1.807) is 41.3 Å². The van der Waals surface area contributed by atoms with Crippen LogP contribution in [0, 0.1) is 0 Å². The molecule has 0 radical (unpaired) electrons. The van der Waals surface area contributed by atoms with Crippen molar-refractivity contribution in [1.29, 1.82) is 0 Å². The highest BCUT2D eigenvalue weighted by molar-refractivity contribution is 9.10. The molecule has 0 atom stereocenters. The monoisotopic (exact) mass is 460 g/mol. The van der Waals surface area contributed by atoms with Gasteiger partial charge in [-0.05, 0) is 22.0 Å². The molecule has 4 aromatic rings. The largest absolute Gasteiger partial charge is 0.350 e. The van der Waals surface area contributed by atoms with E-state index in [2.05, 4.69) is 36.4 Å². The zero-order valence-corrected chi connectivity index (χ0v) is 16.6. The molecule has 7 nitrogen and oxygen atoms in total. The molecule has 0 saturated carbocycles. The Hall–Kier alpha value is -3.14. The van der Waals surface area contributed by atoms with Gasteiger partial charge in [0.2, 0.25) is 0 Å². The minimum absolute atomic E-state index is 0.0842. The van der Waals surface area contributed by atoms with Gasteiger partial charge in [0.1, 0.15) is 11.3 Å². The number of carbonyl (C=O) groups excluding carboxylic acids is 1. The van der Waals surface area contributed by atoms with E-state index in [-0.39, 0.29) is 16.9 Å². The molecule has 29 heavy (non-hydrogen) atoms. The third kappa shape index (κ3) is 4.02. The molecule has 0 aliphatic rings. The minimum Gasteiger partial charge on any atom is -0.350 e. The van der Waals surface area contributed by atoms with E-state index in [4.69, 9.17) is 0 Å². The lowest BCUT2D eigenvalue weighted by atomic mass is 10.1. The fourth-order valence-electron chi connectivity index (χ4n) is 2.90. The number of halogens is 3. The van der Waals surface area contributed by atoms with Crippen LogP contribution in [0.3, 0.4) is 0 Å². The zero-order valence-electron chi connectivity index (χ0n) is 15.0. The SMILES string of the molecule is O=C(NCCn1cc(Br)cn1)c1cnn2c(C(F)F)cc(-c3ccccc3)nc12. The second-order valence-corrected chi connectivity index (χ2v) is 7.12. The Balaban J connectivity index is 1.64. The zero-order chi connectivity index (χ0) is 20.4. The lowest BCUT2D eigenvalue weighted by Gasteiger charge is -2.09. The fraction of sp³-hybridized carbons (Fsp3) is 0.158. The molecule has 1 aromatic carbocycles. The van der Waals surface area contributed by atoms with Crippen molar-refractivity contribution in [2.45, 2.75) is 13.0 Å². The van der Waals surface area contributed by atoms with E-state index in [0.717, 1.165) is 8.99 Å². The maximum Gasteiger partial charge on any atom is 0.280 e. The Kier molecular flexibility index (Phi) is 5.34. The van der Waals surface area contributed by atoms with E-state index in [0.29, 0.717) is 24.3 Å². The Labute approximate surface area is 172 Å². The van der Waals surface area contributed by atoms with Gasteiger partial charge in [-0.25, -0.2) is 18.3 Å². The molecule has 0 unspecified atom stereocenters. The topological polar surface area (TPSA) is 77.1 Å². The van der Waals surface area contributed by atoms with Crippen LogP contribution in [0.2, 0.25) is 0 Å². The van der Waals surface area contributed by atoms with Crippen LogP contribution in [0.1, 0.15) is 22.5 Å². The number of nitrogens with one attached hydrogen (secondary N) is 1. The highest BCUT2D eigenvalue weighted by atomic mass is 79.9. The lowest BCUT2D eigenvalue weighted by molar-refractivity contribution is 0.0953. The molecular formula is C19H15BrF2N6O. The van der Waals surface area contributed by atoms with Crippen LogP contribution in [0.15, 0.2) is 59.5 Å². The van der Waals surface area contributed by atoms with E-state index in [1.807, 2.05) is 6.07 Å². The molecular weight excluding hydrogens is 446 g/mol. The van der Waals surface area contributed by atoms with Crippen LogP contribution >= 0.6 is 15.9 Å². The van der Waals surface area contributed by atoms with Crippen molar-refractivity contribution in [3.8, 4) is 11.3 Å². The first kappa shape index (κ1) is 19.2. The maximum atomic E-state index is 13.6. The molecule has 0 saturated heterocycles. The number of benzene rings is 1. The van der Waals surface area contributed by atoms with E-state index in [1.165, 1.54) is 12.3 Å². The summed E-state index contributed by atoms with van der Waals surface area (Å²) in [6.07, 6.45) is 1.91. The first-order chi connectivity index (χ1) is 14.0. The fourth-order valence-corrected chi connectivity index (χ4v) is 3.23. The summed E-state index contributed by atoms with van der Waals surface area (Å²) >= 11 is 3.30. The number of alkyl halides is 2. The van der Waals surface area contributed by atoms with Gasteiger partial charge in [-0.2, -0.15) is 10.2 Å². The Morgan fingerprint density at radius 3 is 2.66 bits per heavy atom. The van der Waals surface area contributed by atoms with Crippen molar-refractivity contribution in [3.63, 3.8) is 0 Å². The molecule has 0 aliphatic heterocycles. The first-order valence-corrected chi connectivity index (χ1v) is 9.50. The van der Waals surface area contributed by atoms with Gasteiger partial charge in [0.05, 0.1) is 29.1 Å². The summed E-state index contributed by atoms with van der Waals surface area (Å²) in [5, 5.41) is 10.8. The van der Waals surface area contributed by atoms with Crippen molar-refractivity contribution in [3.05, 3.63) is 70.7 Å². The molecule has 0 spiro atoms. The summed E-state index contributed by atoms with van der Waals surface area (Å²) in [6.45, 7) is 0.770. The van der Waals surface area contributed by atoms with Gasteiger partial charge in [-0.15, -0.1) is 0 Å². The van der Waals surface area contributed by atoms with E-state index in [9.17, 15) is 13.6 Å². The molecule has 0 aliphatic carbocycles. The smallest absolute Gasteiger partial charge is 0.280 e. The van der Waals surface area contributed by atoms with Crippen LogP contribution in [0.4, 0.5) is 8.78 Å². The van der Waals surface area contributed by atoms with Crippen molar-refractivity contribution in [2.24, 2.45) is 0 Å². The predicted molar refractivity (Wildman–Crippen MR) is 106 cm³/mol. The van der Waals surface area contributed by atoms with Crippen LogP contribution in [0.5, 0.6) is 0 Å². The van der Waals surface area contributed by atoms with Crippen molar-refractivity contribution in [1.82, 2.24) is 29.7 Å². The number of rotatable bonds is 6. The summed E-state index contributed by atoms with van der Waals surface area (Å²) in [4.78, 5) is 17.0. The Bertz CT molecular complexity index is 1160. The number of aromatic nitrogens is 5. The second kappa shape index (κ2) is 8.08. The van der Waals surface area contributed by atoms with Crippen molar-refractivity contribution < 1.29 is 13.6 Å². The van der Waals surface area contributed by atoms with Gasteiger partial charge in [-0.3, -0.25) is 9.48 Å². The number of amides is 1. The molecule has 0 bridgehead atoms. The first-order valence-electron chi connectivity index (χ1n) is 8.71. The number of fused-ring (bicyclic) bond motifs is 1. The highest BCUT2D eigenvalue weighted by Crippen LogP contribution is 2.26. The summed E-state index contributed by atoms with van der Waals surface area (Å²) in [5.74, 6) is -0.441. The van der Waals surface area contributed by atoms with Crippen molar-refractivity contribution >= 4 is 27.5 Å². The summed E-state index contributed by atoms with van der Waals surface area (Å²) in [5.41, 5.74) is 0.916. The molecule has 3 aromatic heterocycles. The maximum absolute atomic E-state index is 13.6.